The van der Waals surface area contributed by atoms with E-state index in [0.29, 0.717) is 13.1 Å². The van der Waals surface area contributed by atoms with Gasteiger partial charge in [-0.25, -0.2) is 8.42 Å². The third kappa shape index (κ3) is 2.58. The Morgan fingerprint density at radius 1 is 1.35 bits per heavy atom. The highest BCUT2D eigenvalue weighted by Gasteiger charge is 2.26. The Hall–Kier alpha value is -1.56. The summed E-state index contributed by atoms with van der Waals surface area (Å²) >= 11 is 0. The fraction of sp³-hybridized carbons (Fsp3) is 0.364. The van der Waals surface area contributed by atoms with Crippen LogP contribution in [0.2, 0.25) is 0 Å². The minimum Gasteiger partial charge on any atom is -0.508 e. The fourth-order valence-electron chi connectivity index (χ4n) is 1.58. The molecule has 92 valence electrons. The predicted octanol–water partition coefficient (Wildman–Crippen LogP) is 0.398. The van der Waals surface area contributed by atoms with Crippen LogP contribution < -0.4 is 0 Å². The average Bonchev–Trinajstić information content (AvgIpc) is 2.13. The van der Waals surface area contributed by atoms with Gasteiger partial charge in [-0.2, -0.15) is 0 Å². The van der Waals surface area contributed by atoms with Gasteiger partial charge in [-0.3, -0.25) is 4.79 Å². The highest BCUT2D eigenvalue weighted by Crippen LogP contribution is 2.18. The van der Waals surface area contributed by atoms with Crippen molar-refractivity contribution in [2.24, 2.45) is 0 Å². The third-order valence-electron chi connectivity index (χ3n) is 2.70. The van der Waals surface area contributed by atoms with Gasteiger partial charge in [0, 0.05) is 13.1 Å². The number of aromatic hydroxyl groups is 1. The van der Waals surface area contributed by atoms with Gasteiger partial charge < -0.3 is 10.0 Å². The second-order valence-electron chi connectivity index (χ2n) is 3.99. The molecule has 1 fully saturated rings. The number of sulfone groups is 1. The molecule has 0 atom stereocenters. The van der Waals surface area contributed by atoms with Crippen LogP contribution in [0.1, 0.15) is 6.42 Å². The number of phenolic OH excluding ortho intramolecular Hbond substituents is 1. The van der Waals surface area contributed by atoms with Gasteiger partial charge in [0.2, 0.25) is 5.91 Å². The Labute approximate surface area is 99.6 Å². The molecule has 1 heterocycles. The van der Waals surface area contributed by atoms with Crippen LogP contribution in [0.3, 0.4) is 0 Å². The Balaban J connectivity index is 2.16. The summed E-state index contributed by atoms with van der Waals surface area (Å²) < 4.78 is 23.8. The number of rotatable bonds is 3. The van der Waals surface area contributed by atoms with E-state index in [0.717, 1.165) is 12.5 Å². The van der Waals surface area contributed by atoms with Crippen LogP contribution in [-0.2, 0) is 14.6 Å². The summed E-state index contributed by atoms with van der Waals surface area (Å²) in [6.07, 6.45) is 0.928. The second kappa shape index (κ2) is 4.37. The summed E-state index contributed by atoms with van der Waals surface area (Å²) in [4.78, 5) is 13.1. The fourth-order valence-corrected chi connectivity index (χ4v) is 2.84. The van der Waals surface area contributed by atoms with E-state index in [1.54, 1.807) is 0 Å². The summed E-state index contributed by atoms with van der Waals surface area (Å²) in [6, 6.07) is 5.35. The predicted molar refractivity (Wildman–Crippen MR) is 61.4 cm³/mol. The number of amides is 1. The molecule has 0 saturated carbocycles. The Kier molecular flexibility index (Phi) is 3.06. The van der Waals surface area contributed by atoms with Crippen molar-refractivity contribution in [3.05, 3.63) is 24.3 Å². The van der Waals surface area contributed by atoms with E-state index in [1.807, 2.05) is 0 Å². The Bertz CT molecular complexity index is 534. The van der Waals surface area contributed by atoms with Crippen molar-refractivity contribution in [2.45, 2.75) is 11.3 Å². The van der Waals surface area contributed by atoms with Crippen LogP contribution in [0.15, 0.2) is 29.2 Å². The maximum atomic E-state index is 11.9. The molecule has 6 heteroatoms. The number of benzene rings is 1. The zero-order chi connectivity index (χ0) is 12.5. The summed E-state index contributed by atoms with van der Waals surface area (Å²) in [7, 11) is -3.65. The first-order valence-electron chi connectivity index (χ1n) is 5.28. The Morgan fingerprint density at radius 3 is 2.59 bits per heavy atom. The second-order valence-corrected chi connectivity index (χ2v) is 5.98. The van der Waals surface area contributed by atoms with Crippen molar-refractivity contribution in [1.29, 1.82) is 0 Å². The molecule has 0 aromatic heterocycles. The molecule has 0 unspecified atom stereocenters. The van der Waals surface area contributed by atoms with Gasteiger partial charge in [0.15, 0.2) is 9.84 Å². The molecule has 5 nitrogen and oxygen atoms in total. The minimum absolute atomic E-state index is 0.0219. The van der Waals surface area contributed by atoms with Gasteiger partial charge in [-0.15, -0.1) is 0 Å². The monoisotopic (exact) mass is 255 g/mol. The normalized spacial score (nSPS) is 15.4. The number of hydrogen-bond acceptors (Lipinski definition) is 4. The van der Waals surface area contributed by atoms with E-state index in [4.69, 9.17) is 0 Å². The van der Waals surface area contributed by atoms with E-state index in [2.05, 4.69) is 0 Å². The van der Waals surface area contributed by atoms with Gasteiger partial charge in [-0.05, 0) is 24.6 Å². The van der Waals surface area contributed by atoms with Crippen molar-refractivity contribution in [1.82, 2.24) is 4.90 Å². The van der Waals surface area contributed by atoms with Crippen LogP contribution in [0, 0.1) is 0 Å². The first kappa shape index (κ1) is 11.9. The number of nitrogens with zero attached hydrogens (tertiary/aromatic N) is 1. The quantitative estimate of drug-likeness (QED) is 0.848. The first-order chi connectivity index (χ1) is 7.99. The Morgan fingerprint density at radius 2 is 2.06 bits per heavy atom. The number of carbonyl (C=O) groups excluding carboxylic acids is 1. The summed E-state index contributed by atoms with van der Waals surface area (Å²) in [5.74, 6) is -1.03. The molecule has 1 aliphatic heterocycles. The maximum Gasteiger partial charge on any atom is 0.238 e. The van der Waals surface area contributed by atoms with Crippen molar-refractivity contribution < 1.29 is 18.3 Å². The van der Waals surface area contributed by atoms with E-state index >= 15 is 0 Å². The lowest BCUT2D eigenvalue weighted by Gasteiger charge is -2.30. The zero-order valence-corrected chi connectivity index (χ0v) is 9.98. The molecule has 0 aliphatic carbocycles. The van der Waals surface area contributed by atoms with Crippen LogP contribution in [0.4, 0.5) is 0 Å². The molecule has 1 aliphatic rings. The van der Waals surface area contributed by atoms with Crippen LogP contribution in [-0.4, -0.2) is 43.2 Å². The number of phenols is 1. The van der Waals surface area contributed by atoms with Gasteiger partial charge in [0.25, 0.3) is 0 Å². The lowest BCUT2D eigenvalue weighted by Crippen LogP contribution is -2.44. The van der Waals surface area contributed by atoms with Crippen LogP contribution in [0.25, 0.3) is 0 Å². The SMILES string of the molecule is O=C(CS(=O)(=O)c1cccc(O)c1)N1CCC1. The maximum absolute atomic E-state index is 11.9. The number of carbonyl (C=O) groups is 1. The largest absolute Gasteiger partial charge is 0.508 e. The molecule has 2 rings (SSSR count). The summed E-state index contributed by atoms with van der Waals surface area (Å²) in [5, 5.41) is 9.22. The van der Waals surface area contributed by atoms with E-state index in [9.17, 15) is 18.3 Å². The van der Waals surface area contributed by atoms with Crippen molar-refractivity contribution in [3.63, 3.8) is 0 Å². The lowest BCUT2D eigenvalue weighted by molar-refractivity contribution is -0.131. The molecule has 0 radical (unpaired) electrons. The summed E-state index contributed by atoms with van der Waals surface area (Å²) in [5.41, 5.74) is 0. The van der Waals surface area contributed by atoms with Crippen molar-refractivity contribution in [3.8, 4) is 5.75 Å². The highest BCUT2D eigenvalue weighted by atomic mass is 32.2. The van der Waals surface area contributed by atoms with E-state index in [1.165, 1.54) is 23.1 Å². The first-order valence-corrected chi connectivity index (χ1v) is 6.94. The molecule has 1 amide bonds. The smallest absolute Gasteiger partial charge is 0.238 e. The third-order valence-corrected chi connectivity index (χ3v) is 4.30. The molecular formula is C11H13NO4S. The number of likely N-dealkylation sites (tertiary alicyclic amines) is 1. The van der Waals surface area contributed by atoms with E-state index in [-0.39, 0.29) is 16.6 Å². The van der Waals surface area contributed by atoms with Gasteiger partial charge in [0.05, 0.1) is 4.90 Å². The molecule has 0 bridgehead atoms. The van der Waals surface area contributed by atoms with E-state index < -0.39 is 15.6 Å². The van der Waals surface area contributed by atoms with Crippen molar-refractivity contribution in [2.75, 3.05) is 18.8 Å². The van der Waals surface area contributed by atoms with Gasteiger partial charge >= 0.3 is 0 Å². The molecular weight excluding hydrogens is 242 g/mol. The molecule has 17 heavy (non-hydrogen) atoms. The zero-order valence-electron chi connectivity index (χ0n) is 9.17. The number of hydrogen-bond donors (Lipinski definition) is 1. The highest BCUT2D eigenvalue weighted by molar-refractivity contribution is 7.92. The summed E-state index contributed by atoms with van der Waals surface area (Å²) in [6.45, 7) is 1.27. The minimum atomic E-state index is -3.65. The molecule has 1 N–H and O–H groups in total. The van der Waals surface area contributed by atoms with Crippen molar-refractivity contribution >= 4 is 15.7 Å². The standard InChI is InChI=1S/C11H13NO4S/c13-9-3-1-4-10(7-9)17(15,16)8-11(14)12-5-2-6-12/h1,3-4,7,13H,2,5-6,8H2. The van der Waals surface area contributed by atoms with Gasteiger partial charge in [-0.1, -0.05) is 6.07 Å². The van der Waals surface area contributed by atoms with Crippen LogP contribution >= 0.6 is 0 Å². The topological polar surface area (TPSA) is 74.7 Å². The van der Waals surface area contributed by atoms with Gasteiger partial charge in [0.1, 0.15) is 11.5 Å². The van der Waals surface area contributed by atoms with Crippen LogP contribution in [0.5, 0.6) is 5.75 Å². The molecule has 1 aromatic carbocycles. The molecule has 1 saturated heterocycles. The molecule has 0 spiro atoms. The lowest BCUT2D eigenvalue weighted by atomic mass is 10.2. The average molecular weight is 255 g/mol. The molecule has 1 aromatic rings.